The van der Waals surface area contributed by atoms with Gasteiger partial charge in [-0.05, 0) is 6.04 Å². The van der Waals surface area contributed by atoms with E-state index < -0.39 is 28.5 Å². The SMILES string of the molecule is O=C(O)[C@H]1CCC[N-]1.O=N[O-].[Cl][Pt][Cl].[NH2-].[NH2-]. The molecule has 0 aromatic heterocycles. The molecule has 1 fully saturated rings. The molecule has 11 heteroatoms. The molecule has 0 radical (unpaired) electrons. The first-order valence-electron chi connectivity index (χ1n) is 3.30. The quantitative estimate of drug-likeness (QED) is 0.467. The van der Waals surface area contributed by atoms with Crippen LogP contribution in [0.25, 0.3) is 17.6 Å². The largest absolute Gasteiger partial charge is 0.693 e. The third kappa shape index (κ3) is 19.6. The number of halogens is 2. The van der Waals surface area contributed by atoms with Crippen molar-refractivity contribution in [3.63, 3.8) is 0 Å². The van der Waals surface area contributed by atoms with Gasteiger partial charge in [0, 0.05) is 0 Å². The summed E-state index contributed by atoms with van der Waals surface area (Å²) in [5.74, 6) is -0.775. The number of carboxylic acids is 1. The van der Waals surface area contributed by atoms with Gasteiger partial charge in [0.1, 0.15) is 0 Å². The van der Waals surface area contributed by atoms with Gasteiger partial charge in [-0.15, -0.1) is 11.9 Å². The molecule has 1 atom stereocenters. The van der Waals surface area contributed by atoms with Gasteiger partial charge >= 0.3 is 35.3 Å². The van der Waals surface area contributed by atoms with Crippen LogP contribution in [0.15, 0.2) is 5.34 Å². The second-order valence-electron chi connectivity index (χ2n) is 2.02. The zero-order valence-corrected chi connectivity index (χ0v) is 11.8. The first-order chi connectivity index (χ1) is 6.63. The molecule has 1 heterocycles. The van der Waals surface area contributed by atoms with E-state index >= 15 is 0 Å². The fourth-order valence-corrected chi connectivity index (χ4v) is 0.825. The van der Waals surface area contributed by atoms with Crippen molar-refractivity contribution in [2.45, 2.75) is 18.9 Å². The van der Waals surface area contributed by atoms with Crippen LogP contribution >= 0.6 is 18.8 Å². The van der Waals surface area contributed by atoms with Gasteiger partial charge in [-0.1, -0.05) is 12.8 Å². The second kappa shape index (κ2) is 20.4. The summed E-state index contributed by atoms with van der Waals surface area (Å²) in [6.45, 7) is 0.733. The van der Waals surface area contributed by atoms with Gasteiger partial charge < -0.3 is 32.8 Å². The summed E-state index contributed by atoms with van der Waals surface area (Å²) in [4.78, 5) is 18.1. The smallest absolute Gasteiger partial charge is 0.693 e. The van der Waals surface area contributed by atoms with Gasteiger partial charge in [0.15, 0.2) is 0 Å². The van der Waals surface area contributed by atoms with E-state index in [2.05, 4.69) is 5.32 Å². The standard InChI is InChI=1S/C5H8NO2.2ClH.HNO2.2H2N.Pt/c7-5(8)4-2-1-3-6-4;;;2-1-3;;;/h4H,1-3H2,(H,7,8);2*1H;(H,2,3);2*1H2;/q-1;;;;2*-1;+2/p-3/t4-;;;;;;/m1....../s1. The first kappa shape index (κ1) is 25.0. The van der Waals surface area contributed by atoms with Crippen molar-refractivity contribution in [3.05, 3.63) is 27.7 Å². The van der Waals surface area contributed by atoms with Crippen LogP contribution in [0.3, 0.4) is 0 Å². The molecule has 0 aromatic rings. The Balaban J connectivity index is -0.0000000785. The molecule has 1 saturated heterocycles. The zero-order valence-electron chi connectivity index (χ0n) is 7.99. The summed E-state index contributed by atoms with van der Waals surface area (Å²) >= 11 is -0.472. The molecule has 0 aromatic carbocycles. The Morgan fingerprint density at radius 1 is 1.50 bits per heavy atom. The van der Waals surface area contributed by atoms with Gasteiger partial charge in [0.25, 0.3) is 5.97 Å². The minimum absolute atomic E-state index is 0. The van der Waals surface area contributed by atoms with Crippen molar-refractivity contribution in [3.8, 4) is 0 Å². The fourth-order valence-electron chi connectivity index (χ4n) is 0.825. The normalized spacial score (nSPS) is 16.2. The van der Waals surface area contributed by atoms with Crippen molar-refractivity contribution < 1.29 is 26.4 Å². The van der Waals surface area contributed by atoms with Crippen LogP contribution in [0, 0.1) is 10.1 Å². The van der Waals surface area contributed by atoms with Gasteiger partial charge in [-0.25, -0.2) is 0 Å². The van der Waals surface area contributed by atoms with Gasteiger partial charge in [0.2, 0.25) is 0 Å². The number of nitrogens with zero attached hydrogens (tertiary/aromatic N) is 2. The molecule has 16 heavy (non-hydrogen) atoms. The summed E-state index contributed by atoms with van der Waals surface area (Å²) in [5, 5.41) is 21.2. The number of aliphatic carboxylic acids is 1. The molecule has 0 bridgehead atoms. The Morgan fingerprint density at radius 3 is 2.00 bits per heavy atom. The third-order valence-electron chi connectivity index (χ3n) is 1.27. The predicted octanol–water partition coefficient (Wildman–Crippen LogP) is 3.67. The molecule has 5 N–H and O–H groups in total. The number of carbonyl (C=O) groups is 1. The van der Waals surface area contributed by atoms with E-state index in [4.69, 9.17) is 34.1 Å². The topological polar surface area (TPSA) is 171 Å². The molecule has 1 aliphatic heterocycles. The predicted molar refractivity (Wildman–Crippen MR) is 60.3 cm³/mol. The zero-order chi connectivity index (χ0) is 11.4. The van der Waals surface area contributed by atoms with Crippen LogP contribution in [0.4, 0.5) is 0 Å². The monoisotopic (exact) mass is 457 g/mol. The van der Waals surface area contributed by atoms with Gasteiger partial charge in [-0.3, -0.25) is 4.79 Å². The van der Waals surface area contributed by atoms with Crippen LogP contribution in [0.2, 0.25) is 0 Å². The average Bonchev–Trinajstić information content (AvgIpc) is 2.58. The van der Waals surface area contributed by atoms with Crippen LogP contribution < -0.4 is 0 Å². The summed E-state index contributed by atoms with van der Waals surface area (Å²) in [7, 11) is 9.75. The fraction of sp³-hybridized carbons (Fsp3) is 0.800. The van der Waals surface area contributed by atoms with E-state index in [0.717, 1.165) is 24.7 Å². The molecule has 0 aliphatic carbocycles. The van der Waals surface area contributed by atoms with Crippen molar-refractivity contribution in [2.24, 2.45) is 5.34 Å². The second-order valence-corrected chi connectivity index (χ2v) is 5.30. The van der Waals surface area contributed by atoms with Gasteiger partial charge in [-0.2, -0.15) is 0 Å². The maximum Gasteiger partial charge on any atom is -0.693 e. The minimum atomic E-state index is -0.775. The molecule has 1 aliphatic rings. The van der Waals surface area contributed by atoms with E-state index in [0.29, 0.717) is 0 Å². The Bertz CT molecular complexity index is 161. The van der Waals surface area contributed by atoms with Crippen molar-refractivity contribution in [1.29, 1.82) is 0 Å². The Morgan fingerprint density at radius 2 is 1.88 bits per heavy atom. The molecule has 1 rings (SSSR count). The summed E-state index contributed by atoms with van der Waals surface area (Å²) in [5.41, 5.74) is 0. The number of nitrogens with two attached hydrogens (primary N) is 2. The van der Waals surface area contributed by atoms with E-state index in [9.17, 15) is 4.79 Å². The van der Waals surface area contributed by atoms with Gasteiger partial charge in [0.05, 0.1) is 0 Å². The first-order valence-corrected chi connectivity index (χ1v) is 8.93. The molecule has 104 valence electrons. The maximum atomic E-state index is 10.1. The van der Waals surface area contributed by atoms with Crippen molar-refractivity contribution >= 4 is 24.8 Å². The summed E-state index contributed by atoms with van der Waals surface area (Å²) in [6, 6.07) is -0.394. The Hall–Kier alpha value is 0.0183. The van der Waals surface area contributed by atoms with E-state index in [1.54, 1.807) is 0 Å². The molecule has 0 saturated carbocycles. The number of carboxylic acid groups (broad SMARTS) is 1. The third-order valence-corrected chi connectivity index (χ3v) is 1.27. The Labute approximate surface area is 110 Å². The van der Waals surface area contributed by atoms with E-state index in [1.807, 2.05) is 0 Å². The molecule has 8 nitrogen and oxygen atoms in total. The van der Waals surface area contributed by atoms with Crippen LogP contribution in [0.5, 0.6) is 0 Å². The number of hydrogen-bond acceptors (Lipinski definition) is 4. The van der Waals surface area contributed by atoms with Crippen LogP contribution in [-0.4, -0.2) is 23.7 Å². The molecule has 0 spiro atoms. The number of rotatable bonds is 1. The van der Waals surface area contributed by atoms with E-state index in [1.165, 1.54) is 0 Å². The summed E-state index contributed by atoms with van der Waals surface area (Å²) in [6.07, 6.45) is 1.67. The Kier molecular flexibility index (Phi) is 31.9. The van der Waals surface area contributed by atoms with Crippen molar-refractivity contribution in [2.75, 3.05) is 6.54 Å². The number of hydrogen-bond donors (Lipinski definition) is 1. The maximum absolute atomic E-state index is 10.1. The molecular formula is C5H12Cl2N4O4Pt-4. The summed E-state index contributed by atoms with van der Waals surface area (Å²) < 4.78 is 0. The minimum Gasteiger partial charge on any atom is -0.693 e. The van der Waals surface area contributed by atoms with E-state index in [-0.39, 0.29) is 12.3 Å². The molecule has 0 unspecified atom stereocenters. The molecular weight excluding hydrogens is 446 g/mol. The van der Waals surface area contributed by atoms with Crippen LogP contribution in [-0.2, 0) is 21.3 Å². The average molecular weight is 458 g/mol. The van der Waals surface area contributed by atoms with Crippen LogP contribution in [0.1, 0.15) is 12.8 Å². The molecule has 0 amide bonds. The van der Waals surface area contributed by atoms with Crippen molar-refractivity contribution in [1.82, 2.24) is 0 Å².